The largest absolute Gasteiger partial charge is 0.486 e. The van der Waals surface area contributed by atoms with Crippen LogP contribution < -0.4 is 9.47 Å². The van der Waals surface area contributed by atoms with Gasteiger partial charge in [-0.3, -0.25) is 14.7 Å². The second kappa shape index (κ2) is 8.22. The van der Waals surface area contributed by atoms with Crippen LogP contribution in [0.25, 0.3) is 6.08 Å². The maximum atomic E-state index is 12.5. The van der Waals surface area contributed by atoms with Crippen LogP contribution in [0.15, 0.2) is 48.8 Å². The van der Waals surface area contributed by atoms with Gasteiger partial charge in [-0.05, 0) is 41.5 Å². The first-order valence-corrected chi connectivity index (χ1v) is 9.26. The lowest BCUT2D eigenvalue weighted by Gasteiger charge is -2.34. The number of fused-ring (bicyclic) bond motifs is 1. The smallest absolute Gasteiger partial charge is 0.246 e. The molecule has 27 heavy (non-hydrogen) atoms. The molecule has 140 valence electrons. The third-order valence-corrected chi connectivity index (χ3v) is 4.82. The summed E-state index contributed by atoms with van der Waals surface area (Å²) in [6, 6.07) is 9.80. The van der Waals surface area contributed by atoms with E-state index in [2.05, 4.69) is 9.88 Å². The molecule has 0 bridgehead atoms. The van der Waals surface area contributed by atoms with Crippen LogP contribution in [-0.4, -0.2) is 60.1 Å². The average Bonchev–Trinajstić information content (AvgIpc) is 2.73. The zero-order valence-electron chi connectivity index (χ0n) is 15.2. The molecule has 0 aliphatic carbocycles. The molecule has 0 saturated carbocycles. The van der Waals surface area contributed by atoms with Gasteiger partial charge in [0.1, 0.15) is 13.2 Å². The lowest BCUT2D eigenvalue weighted by Crippen LogP contribution is -2.47. The topological polar surface area (TPSA) is 54.9 Å². The van der Waals surface area contributed by atoms with E-state index in [1.165, 1.54) is 5.56 Å². The third kappa shape index (κ3) is 4.46. The fraction of sp³-hybridized carbons (Fsp3) is 0.333. The number of hydrogen-bond acceptors (Lipinski definition) is 5. The van der Waals surface area contributed by atoms with Crippen molar-refractivity contribution in [3.63, 3.8) is 0 Å². The summed E-state index contributed by atoms with van der Waals surface area (Å²) in [7, 11) is 0. The maximum absolute atomic E-state index is 12.5. The first-order chi connectivity index (χ1) is 13.3. The normalized spacial score (nSPS) is 17.3. The molecule has 2 aromatic rings. The number of carbonyl (C=O) groups is 1. The molecule has 0 atom stereocenters. The number of benzene rings is 1. The van der Waals surface area contributed by atoms with Crippen LogP contribution >= 0.6 is 0 Å². The Labute approximate surface area is 159 Å². The molecule has 0 unspecified atom stereocenters. The number of carbonyl (C=O) groups excluding carboxylic acids is 1. The van der Waals surface area contributed by atoms with E-state index in [4.69, 9.17) is 9.47 Å². The summed E-state index contributed by atoms with van der Waals surface area (Å²) in [4.78, 5) is 20.8. The second-order valence-corrected chi connectivity index (χ2v) is 6.69. The molecule has 0 spiro atoms. The third-order valence-electron chi connectivity index (χ3n) is 4.82. The highest BCUT2D eigenvalue weighted by Gasteiger charge is 2.19. The van der Waals surface area contributed by atoms with E-state index in [9.17, 15) is 4.79 Å². The molecule has 1 amide bonds. The van der Waals surface area contributed by atoms with E-state index in [0.29, 0.717) is 13.2 Å². The first-order valence-electron chi connectivity index (χ1n) is 9.26. The van der Waals surface area contributed by atoms with Gasteiger partial charge in [-0.15, -0.1) is 0 Å². The summed E-state index contributed by atoms with van der Waals surface area (Å²) in [6.07, 6.45) is 7.11. The first kappa shape index (κ1) is 17.5. The number of pyridine rings is 1. The van der Waals surface area contributed by atoms with E-state index in [-0.39, 0.29) is 5.91 Å². The van der Waals surface area contributed by atoms with Gasteiger partial charge >= 0.3 is 0 Å². The molecule has 6 heteroatoms. The predicted octanol–water partition coefficient (Wildman–Crippen LogP) is 2.21. The van der Waals surface area contributed by atoms with Gasteiger partial charge in [-0.2, -0.15) is 0 Å². The van der Waals surface area contributed by atoms with Gasteiger partial charge in [-0.1, -0.05) is 6.07 Å². The molecule has 0 radical (unpaired) electrons. The molecular weight excluding hydrogens is 342 g/mol. The van der Waals surface area contributed by atoms with Crippen LogP contribution in [0.5, 0.6) is 11.5 Å². The van der Waals surface area contributed by atoms with Crippen molar-refractivity contribution >= 4 is 12.0 Å². The zero-order valence-corrected chi connectivity index (χ0v) is 15.2. The second-order valence-electron chi connectivity index (χ2n) is 6.69. The van der Waals surface area contributed by atoms with E-state index in [1.54, 1.807) is 6.08 Å². The Bertz CT molecular complexity index is 815. The van der Waals surface area contributed by atoms with Gasteiger partial charge in [0.05, 0.1) is 0 Å². The van der Waals surface area contributed by atoms with Crippen molar-refractivity contribution in [2.24, 2.45) is 0 Å². The predicted molar refractivity (Wildman–Crippen MR) is 103 cm³/mol. The summed E-state index contributed by atoms with van der Waals surface area (Å²) >= 11 is 0. The maximum Gasteiger partial charge on any atom is 0.246 e. The van der Waals surface area contributed by atoms with E-state index in [1.807, 2.05) is 53.7 Å². The van der Waals surface area contributed by atoms with Gasteiger partial charge < -0.3 is 14.4 Å². The number of nitrogens with zero attached hydrogens (tertiary/aromatic N) is 3. The molecule has 0 N–H and O–H groups in total. The summed E-state index contributed by atoms with van der Waals surface area (Å²) < 4.78 is 11.1. The van der Waals surface area contributed by atoms with E-state index >= 15 is 0 Å². The molecule has 1 aromatic carbocycles. The Balaban J connectivity index is 1.30. The molecule has 2 aliphatic heterocycles. The molecule has 1 fully saturated rings. The van der Waals surface area contributed by atoms with E-state index in [0.717, 1.165) is 49.8 Å². The number of aromatic nitrogens is 1. The fourth-order valence-corrected chi connectivity index (χ4v) is 3.31. The minimum Gasteiger partial charge on any atom is -0.486 e. The van der Waals surface area contributed by atoms with Crippen LogP contribution in [0.2, 0.25) is 0 Å². The summed E-state index contributed by atoms with van der Waals surface area (Å²) in [5.74, 6) is 1.55. The fourth-order valence-electron chi connectivity index (χ4n) is 3.31. The average molecular weight is 365 g/mol. The van der Waals surface area contributed by atoms with Crippen LogP contribution in [0.1, 0.15) is 11.1 Å². The summed E-state index contributed by atoms with van der Waals surface area (Å²) in [5.41, 5.74) is 2.19. The van der Waals surface area contributed by atoms with Crippen LogP contribution in [0, 0.1) is 0 Å². The minimum absolute atomic E-state index is 0.0495. The highest BCUT2D eigenvalue weighted by Crippen LogP contribution is 2.31. The number of hydrogen-bond donors (Lipinski definition) is 0. The van der Waals surface area contributed by atoms with Gasteiger partial charge in [0.15, 0.2) is 11.5 Å². The number of ether oxygens (including phenoxy) is 2. The van der Waals surface area contributed by atoms with Gasteiger partial charge in [0.2, 0.25) is 5.91 Å². The Morgan fingerprint density at radius 3 is 2.52 bits per heavy atom. The molecule has 1 aromatic heterocycles. The van der Waals surface area contributed by atoms with Crippen molar-refractivity contribution in [2.45, 2.75) is 6.54 Å². The molecule has 2 aliphatic rings. The number of piperazine rings is 1. The highest BCUT2D eigenvalue weighted by atomic mass is 16.6. The lowest BCUT2D eigenvalue weighted by molar-refractivity contribution is -0.127. The summed E-state index contributed by atoms with van der Waals surface area (Å²) in [6.45, 7) is 5.29. The van der Waals surface area contributed by atoms with Crippen LogP contribution in [-0.2, 0) is 11.3 Å². The Hall–Kier alpha value is -2.86. The van der Waals surface area contributed by atoms with Gasteiger partial charge in [0.25, 0.3) is 0 Å². The van der Waals surface area contributed by atoms with Crippen molar-refractivity contribution in [1.82, 2.24) is 14.8 Å². The summed E-state index contributed by atoms with van der Waals surface area (Å²) in [5, 5.41) is 0. The Morgan fingerprint density at radius 1 is 1.00 bits per heavy atom. The molecule has 1 saturated heterocycles. The molecule has 4 rings (SSSR count). The zero-order chi connectivity index (χ0) is 18.5. The molecule has 6 nitrogen and oxygen atoms in total. The SMILES string of the molecule is O=C(/C=C/c1ccc2c(c1)OCCO2)N1CCN(Cc2ccncc2)CC1. The van der Waals surface area contributed by atoms with Crippen molar-refractivity contribution in [3.05, 3.63) is 59.9 Å². The standard InChI is InChI=1S/C21H23N3O3/c25-21(4-2-17-1-3-19-20(15-17)27-14-13-26-19)24-11-9-23(10-12-24)16-18-5-7-22-8-6-18/h1-8,15H,9-14,16H2/b4-2+. The van der Waals surface area contributed by atoms with Crippen molar-refractivity contribution in [3.8, 4) is 11.5 Å². The van der Waals surface area contributed by atoms with Gasteiger partial charge in [0, 0.05) is 51.2 Å². The highest BCUT2D eigenvalue weighted by molar-refractivity contribution is 5.92. The minimum atomic E-state index is 0.0495. The molecular formula is C21H23N3O3. The van der Waals surface area contributed by atoms with E-state index < -0.39 is 0 Å². The number of amides is 1. The molecule has 3 heterocycles. The van der Waals surface area contributed by atoms with Crippen LogP contribution in [0.3, 0.4) is 0 Å². The number of rotatable bonds is 4. The lowest BCUT2D eigenvalue weighted by atomic mass is 10.1. The van der Waals surface area contributed by atoms with Crippen molar-refractivity contribution < 1.29 is 14.3 Å². The van der Waals surface area contributed by atoms with Crippen molar-refractivity contribution in [2.75, 3.05) is 39.4 Å². The van der Waals surface area contributed by atoms with Crippen LogP contribution in [0.4, 0.5) is 0 Å². The monoisotopic (exact) mass is 365 g/mol. The Morgan fingerprint density at radius 2 is 1.74 bits per heavy atom. The Kier molecular flexibility index (Phi) is 5.34. The van der Waals surface area contributed by atoms with Crippen molar-refractivity contribution in [1.29, 1.82) is 0 Å². The van der Waals surface area contributed by atoms with Gasteiger partial charge in [-0.25, -0.2) is 0 Å². The quantitative estimate of drug-likeness (QED) is 0.778.